The number of nitro groups is 1. The summed E-state index contributed by atoms with van der Waals surface area (Å²) in [5, 5.41) is 21.0. The van der Waals surface area contributed by atoms with Crippen LogP contribution in [0.25, 0.3) is 5.57 Å². The lowest BCUT2D eigenvalue weighted by Crippen LogP contribution is -2.44. The maximum Gasteiger partial charge on any atom is 0.269 e. The van der Waals surface area contributed by atoms with Gasteiger partial charge in [-0.15, -0.1) is 0 Å². The first-order valence-electron chi connectivity index (χ1n) is 7.05. The molecule has 0 saturated heterocycles. The van der Waals surface area contributed by atoms with Gasteiger partial charge in [-0.25, -0.2) is 8.42 Å². The van der Waals surface area contributed by atoms with Crippen molar-refractivity contribution in [1.82, 2.24) is 4.31 Å². The van der Waals surface area contributed by atoms with Gasteiger partial charge < -0.3 is 5.11 Å². The minimum atomic E-state index is -3.60. The summed E-state index contributed by atoms with van der Waals surface area (Å²) in [5.41, 5.74) is 0.864. The number of sulfonamides is 1. The molecule has 0 amide bonds. The average molecular weight is 350 g/mol. The first-order chi connectivity index (χ1) is 11.2. The van der Waals surface area contributed by atoms with Crippen molar-refractivity contribution in [3.63, 3.8) is 0 Å². The van der Waals surface area contributed by atoms with E-state index in [9.17, 15) is 28.4 Å². The van der Waals surface area contributed by atoms with E-state index in [0.29, 0.717) is 11.1 Å². The van der Waals surface area contributed by atoms with Crippen molar-refractivity contribution in [3.8, 4) is 0 Å². The van der Waals surface area contributed by atoms with Crippen molar-refractivity contribution >= 4 is 27.1 Å². The Morgan fingerprint density at radius 1 is 1.25 bits per heavy atom. The van der Waals surface area contributed by atoms with Gasteiger partial charge in [0.15, 0.2) is 5.78 Å². The summed E-state index contributed by atoms with van der Waals surface area (Å²) in [7, 11) is -3.60. The van der Waals surface area contributed by atoms with Gasteiger partial charge in [0.25, 0.3) is 5.69 Å². The van der Waals surface area contributed by atoms with Crippen LogP contribution in [-0.4, -0.2) is 46.9 Å². The van der Waals surface area contributed by atoms with E-state index in [1.807, 2.05) is 0 Å². The molecule has 2 aliphatic rings. The zero-order chi connectivity index (χ0) is 17.6. The number of non-ortho nitro benzene ring substituents is 1. The van der Waals surface area contributed by atoms with E-state index in [2.05, 4.69) is 0 Å². The highest BCUT2D eigenvalue weighted by Crippen LogP contribution is 2.41. The Kier molecular flexibility index (Phi) is 3.77. The molecule has 0 radical (unpaired) electrons. The predicted molar refractivity (Wildman–Crippen MR) is 85.2 cm³/mol. The van der Waals surface area contributed by atoms with Gasteiger partial charge in [-0.3, -0.25) is 19.2 Å². The first-order valence-corrected chi connectivity index (χ1v) is 8.90. The molecule has 1 N–H and O–H groups in total. The second kappa shape index (κ2) is 5.53. The summed E-state index contributed by atoms with van der Waals surface area (Å²) in [6.07, 6.45) is 3.67. The molecular formula is C15H14N2O6S. The Bertz CT molecular complexity index is 872. The number of aliphatic hydroxyl groups is 1. The molecule has 126 valence electrons. The van der Waals surface area contributed by atoms with E-state index in [0.717, 1.165) is 10.6 Å². The average Bonchev–Trinajstić information content (AvgIpc) is 2.91. The number of carbonyl (C=O) groups is 1. The van der Waals surface area contributed by atoms with Crippen molar-refractivity contribution in [3.05, 3.63) is 58.3 Å². The summed E-state index contributed by atoms with van der Waals surface area (Å²) < 4.78 is 25.1. The second-order valence-electron chi connectivity index (χ2n) is 5.70. The van der Waals surface area contributed by atoms with Crippen LogP contribution < -0.4 is 0 Å². The van der Waals surface area contributed by atoms with E-state index in [-0.39, 0.29) is 5.69 Å². The second-order valence-corrected chi connectivity index (χ2v) is 7.59. The number of nitrogens with zero attached hydrogens (tertiary/aromatic N) is 2. The number of aliphatic hydroxyl groups excluding tert-OH is 1. The van der Waals surface area contributed by atoms with Gasteiger partial charge in [0.1, 0.15) is 6.10 Å². The van der Waals surface area contributed by atoms with E-state index in [1.165, 1.54) is 42.6 Å². The molecular weight excluding hydrogens is 336 g/mol. The highest BCUT2D eigenvalue weighted by atomic mass is 32.2. The lowest BCUT2D eigenvalue weighted by Gasteiger charge is -2.31. The van der Waals surface area contributed by atoms with Crippen molar-refractivity contribution in [1.29, 1.82) is 0 Å². The third-order valence-electron chi connectivity index (χ3n) is 4.17. The molecule has 1 heterocycles. The Labute approximate surface area is 137 Å². The molecule has 1 aromatic rings. The highest BCUT2D eigenvalue weighted by Gasteiger charge is 2.46. The van der Waals surface area contributed by atoms with Gasteiger partial charge in [-0.2, -0.15) is 0 Å². The molecule has 8 nitrogen and oxygen atoms in total. The predicted octanol–water partition coefficient (Wildman–Crippen LogP) is 0.696. The lowest BCUT2D eigenvalue weighted by molar-refractivity contribution is -0.384. The number of nitro benzene ring substituents is 1. The van der Waals surface area contributed by atoms with Crippen molar-refractivity contribution in [2.75, 3.05) is 6.26 Å². The van der Waals surface area contributed by atoms with Crippen LogP contribution in [0.3, 0.4) is 0 Å². The molecule has 1 aliphatic carbocycles. The van der Waals surface area contributed by atoms with Crippen molar-refractivity contribution < 1.29 is 23.2 Å². The summed E-state index contributed by atoms with van der Waals surface area (Å²) >= 11 is 0. The number of rotatable bonds is 3. The smallest absolute Gasteiger partial charge is 0.269 e. The molecule has 24 heavy (non-hydrogen) atoms. The molecule has 0 spiro atoms. The maximum atomic E-state index is 12.0. The fourth-order valence-corrected chi connectivity index (χ4v) is 3.99. The minimum absolute atomic E-state index is 0.103. The monoisotopic (exact) mass is 350 g/mol. The van der Waals surface area contributed by atoms with Crippen LogP contribution in [-0.2, 0) is 14.8 Å². The van der Waals surface area contributed by atoms with Gasteiger partial charge in [0, 0.05) is 24.3 Å². The minimum Gasteiger partial charge on any atom is -0.384 e. The number of hydrogen-bond acceptors (Lipinski definition) is 6. The molecule has 3 unspecified atom stereocenters. The topological polar surface area (TPSA) is 118 Å². The van der Waals surface area contributed by atoms with E-state index in [4.69, 9.17) is 0 Å². The molecule has 0 bridgehead atoms. The number of ketones is 1. The summed E-state index contributed by atoms with van der Waals surface area (Å²) in [6, 6.07) is 4.84. The van der Waals surface area contributed by atoms with Gasteiger partial charge >= 0.3 is 0 Å². The normalized spacial score (nSPS) is 26.2. The zero-order valence-corrected chi connectivity index (χ0v) is 13.4. The summed E-state index contributed by atoms with van der Waals surface area (Å²) in [5.74, 6) is -1.25. The quantitative estimate of drug-likeness (QED) is 0.633. The largest absolute Gasteiger partial charge is 0.384 e. The Balaban J connectivity index is 2.09. The van der Waals surface area contributed by atoms with Crippen LogP contribution >= 0.6 is 0 Å². The molecule has 0 saturated carbocycles. The highest BCUT2D eigenvalue weighted by molar-refractivity contribution is 7.88. The van der Waals surface area contributed by atoms with Crippen molar-refractivity contribution in [2.45, 2.75) is 12.1 Å². The molecule has 3 rings (SSSR count). The fraction of sp³-hybridized carbons (Fsp3) is 0.267. The molecule has 1 aromatic carbocycles. The van der Waals surface area contributed by atoms with Gasteiger partial charge in [0.2, 0.25) is 10.0 Å². The SMILES string of the molecule is CS(=O)(=O)N1C=C(c2ccc([N+](=O)[O-])cc2)C2C(O)C(=O)C=CC21. The lowest BCUT2D eigenvalue weighted by atomic mass is 9.81. The Morgan fingerprint density at radius 3 is 2.42 bits per heavy atom. The molecule has 3 atom stereocenters. The van der Waals surface area contributed by atoms with E-state index in [1.54, 1.807) is 0 Å². The third kappa shape index (κ3) is 2.61. The zero-order valence-electron chi connectivity index (χ0n) is 12.6. The number of hydrogen-bond donors (Lipinski definition) is 1. The number of carbonyl (C=O) groups excluding carboxylic acids is 1. The van der Waals surface area contributed by atoms with Crippen LogP contribution in [0.1, 0.15) is 5.56 Å². The fourth-order valence-electron chi connectivity index (χ4n) is 3.04. The molecule has 9 heteroatoms. The number of benzene rings is 1. The summed E-state index contributed by atoms with van der Waals surface area (Å²) in [4.78, 5) is 22.0. The first kappa shape index (κ1) is 16.3. The Hall–Kier alpha value is -2.52. The third-order valence-corrected chi connectivity index (χ3v) is 5.29. The van der Waals surface area contributed by atoms with E-state index >= 15 is 0 Å². The Morgan fingerprint density at radius 2 is 1.88 bits per heavy atom. The molecule has 1 aliphatic heterocycles. The maximum absolute atomic E-state index is 12.0. The number of fused-ring (bicyclic) bond motifs is 1. The molecule has 0 fully saturated rings. The standard InChI is InChI=1S/C15H14N2O6S/c1-24(22,23)16-8-11(9-2-4-10(5-3-9)17(20)21)14-12(16)6-7-13(18)15(14)19/h2-8,12,14-15,19H,1H3. The van der Waals surface area contributed by atoms with Gasteiger partial charge in [0.05, 0.1) is 17.2 Å². The van der Waals surface area contributed by atoms with Gasteiger partial charge in [-0.1, -0.05) is 6.08 Å². The van der Waals surface area contributed by atoms with Gasteiger partial charge in [-0.05, 0) is 29.3 Å². The summed E-state index contributed by atoms with van der Waals surface area (Å²) in [6.45, 7) is 0. The van der Waals surface area contributed by atoms with Crippen LogP contribution in [0, 0.1) is 16.0 Å². The molecule has 0 aromatic heterocycles. The van der Waals surface area contributed by atoms with E-state index < -0.39 is 38.8 Å². The van der Waals surface area contributed by atoms with Crippen LogP contribution in [0.2, 0.25) is 0 Å². The van der Waals surface area contributed by atoms with Crippen LogP contribution in [0.5, 0.6) is 0 Å². The van der Waals surface area contributed by atoms with Crippen molar-refractivity contribution in [2.24, 2.45) is 5.92 Å². The van der Waals surface area contributed by atoms with Crippen LogP contribution in [0.15, 0.2) is 42.6 Å². The van der Waals surface area contributed by atoms with Crippen LogP contribution in [0.4, 0.5) is 5.69 Å².